The predicted molar refractivity (Wildman–Crippen MR) is 45.1 cm³/mol. The van der Waals surface area contributed by atoms with Crippen molar-refractivity contribution >= 4 is 43.7 Å². The average molecular weight is 184 g/mol. The SMILES string of the molecule is C=CC(=O)O.[CH2-]C1CO1.[CH3-].[Ca+2]. The van der Waals surface area contributed by atoms with Gasteiger partial charge in [0, 0.05) is 12.7 Å². The molecule has 1 N–H and O–H groups in total. The fourth-order valence-corrected chi connectivity index (χ4v) is 0.0680. The molecule has 60 valence electrons. The second-order valence-corrected chi connectivity index (χ2v) is 1.50. The van der Waals surface area contributed by atoms with Crippen LogP contribution in [0.4, 0.5) is 0 Å². The number of carboxylic acids is 1. The van der Waals surface area contributed by atoms with Gasteiger partial charge in [-0.2, -0.15) is 0 Å². The van der Waals surface area contributed by atoms with Crippen LogP contribution in [0.3, 0.4) is 0 Å². The van der Waals surface area contributed by atoms with Crippen molar-refractivity contribution in [1.82, 2.24) is 0 Å². The smallest absolute Gasteiger partial charge is 0.478 e. The van der Waals surface area contributed by atoms with Gasteiger partial charge in [0.25, 0.3) is 0 Å². The molecule has 0 aromatic rings. The number of ether oxygens (including phenoxy) is 1. The standard InChI is InChI=1S/C3H4O2.C3H5O.CH3.Ca/c1-2-3(4)5;1-3-2-4-3;;/h2H,1H2,(H,4,5);3H,1-2H2;1H3;/q;2*-1;+2. The van der Waals surface area contributed by atoms with Gasteiger partial charge in [-0.05, 0) is 6.10 Å². The molecule has 0 aromatic heterocycles. The summed E-state index contributed by atoms with van der Waals surface area (Å²) >= 11 is 0. The molecule has 0 aliphatic carbocycles. The summed E-state index contributed by atoms with van der Waals surface area (Å²) in [7, 11) is 0. The van der Waals surface area contributed by atoms with Crippen molar-refractivity contribution in [3.8, 4) is 0 Å². The summed E-state index contributed by atoms with van der Waals surface area (Å²) in [5, 5.41) is 7.60. The molecule has 0 radical (unpaired) electrons. The third-order valence-corrected chi connectivity index (χ3v) is 0.577. The summed E-state index contributed by atoms with van der Waals surface area (Å²) in [6, 6.07) is 0. The molecule has 1 unspecified atom stereocenters. The third-order valence-electron chi connectivity index (χ3n) is 0.577. The van der Waals surface area contributed by atoms with E-state index < -0.39 is 5.97 Å². The van der Waals surface area contributed by atoms with Gasteiger partial charge in [-0.25, -0.2) is 4.79 Å². The van der Waals surface area contributed by atoms with Gasteiger partial charge < -0.3 is 24.2 Å². The Hall–Kier alpha value is 0.430. The van der Waals surface area contributed by atoms with E-state index in [0.29, 0.717) is 6.10 Å². The predicted octanol–water partition coefficient (Wildman–Crippen LogP) is 0.546. The minimum atomic E-state index is -0.981. The molecule has 1 aliphatic rings. The maximum atomic E-state index is 9.25. The zero-order valence-electron chi connectivity index (χ0n) is 6.75. The van der Waals surface area contributed by atoms with Crippen LogP contribution in [0.5, 0.6) is 0 Å². The van der Waals surface area contributed by atoms with Crippen LogP contribution in [-0.4, -0.2) is 61.5 Å². The van der Waals surface area contributed by atoms with Crippen LogP contribution in [0.25, 0.3) is 0 Å². The van der Waals surface area contributed by atoms with E-state index in [0.717, 1.165) is 12.7 Å². The largest absolute Gasteiger partial charge is 2.00 e. The molecule has 1 saturated heterocycles. The van der Waals surface area contributed by atoms with E-state index in [-0.39, 0.29) is 45.2 Å². The summed E-state index contributed by atoms with van der Waals surface area (Å²) < 4.78 is 4.60. The number of carboxylic acid groups (broad SMARTS) is 1. The summed E-state index contributed by atoms with van der Waals surface area (Å²) in [6.07, 6.45) is 1.17. The van der Waals surface area contributed by atoms with Crippen LogP contribution < -0.4 is 0 Å². The topological polar surface area (TPSA) is 49.8 Å². The number of hydrogen-bond acceptors (Lipinski definition) is 2. The van der Waals surface area contributed by atoms with Crippen molar-refractivity contribution in [3.05, 3.63) is 27.0 Å². The summed E-state index contributed by atoms with van der Waals surface area (Å²) in [4.78, 5) is 9.25. The molecule has 0 bridgehead atoms. The minimum absolute atomic E-state index is 0. The van der Waals surface area contributed by atoms with Crippen LogP contribution in [0.2, 0.25) is 0 Å². The second-order valence-electron chi connectivity index (χ2n) is 1.50. The number of epoxide rings is 1. The van der Waals surface area contributed by atoms with Gasteiger partial charge in [0.15, 0.2) is 0 Å². The molecule has 11 heavy (non-hydrogen) atoms. The quantitative estimate of drug-likeness (QED) is 0.280. The van der Waals surface area contributed by atoms with Gasteiger partial charge in [-0.1, -0.05) is 6.58 Å². The van der Waals surface area contributed by atoms with Gasteiger partial charge in [0.1, 0.15) is 0 Å². The molecule has 1 rings (SSSR count). The zero-order valence-corrected chi connectivity index (χ0v) is 8.96. The Kier molecular flexibility index (Phi) is 16.6. The van der Waals surface area contributed by atoms with E-state index in [2.05, 4.69) is 18.2 Å². The molecular weight excluding hydrogens is 172 g/mol. The maximum absolute atomic E-state index is 9.25. The minimum Gasteiger partial charge on any atom is -0.478 e. The average Bonchev–Trinajstić information content (AvgIpc) is 2.53. The normalized spacial score (nSPS) is 17.4. The van der Waals surface area contributed by atoms with Crippen molar-refractivity contribution < 1.29 is 14.6 Å². The summed E-state index contributed by atoms with van der Waals surface area (Å²) in [6.45, 7) is 7.36. The first kappa shape index (κ1) is 17.5. The first-order chi connectivity index (χ1) is 4.16. The maximum Gasteiger partial charge on any atom is 2.00 e. The van der Waals surface area contributed by atoms with E-state index in [1.807, 2.05) is 0 Å². The zero-order chi connectivity index (χ0) is 7.28. The first-order valence-electron chi connectivity index (χ1n) is 2.47. The van der Waals surface area contributed by atoms with Crippen LogP contribution in [-0.2, 0) is 9.53 Å². The Morgan fingerprint density at radius 3 is 2.00 bits per heavy atom. The Bertz CT molecular complexity index is 110. The fourth-order valence-electron chi connectivity index (χ4n) is 0.0680. The Morgan fingerprint density at radius 2 is 2.00 bits per heavy atom. The van der Waals surface area contributed by atoms with Crippen LogP contribution >= 0.6 is 0 Å². The van der Waals surface area contributed by atoms with Crippen molar-refractivity contribution in [1.29, 1.82) is 0 Å². The monoisotopic (exact) mass is 184 g/mol. The number of hydrogen-bond donors (Lipinski definition) is 1. The van der Waals surface area contributed by atoms with E-state index in [9.17, 15) is 4.79 Å². The number of rotatable bonds is 1. The molecule has 0 saturated carbocycles. The molecule has 1 aliphatic heterocycles. The van der Waals surface area contributed by atoms with Crippen LogP contribution in [0, 0.1) is 14.4 Å². The van der Waals surface area contributed by atoms with Crippen molar-refractivity contribution in [2.45, 2.75) is 6.10 Å². The van der Waals surface area contributed by atoms with E-state index in [1.165, 1.54) is 0 Å². The van der Waals surface area contributed by atoms with Gasteiger partial charge in [-0.3, -0.25) is 0 Å². The first-order valence-corrected chi connectivity index (χ1v) is 2.47. The molecule has 0 spiro atoms. The van der Waals surface area contributed by atoms with Crippen molar-refractivity contribution in [2.75, 3.05) is 6.61 Å². The number of aliphatic carboxylic acids is 1. The molecule has 0 amide bonds. The molecular formula is C7H12CaO3. The van der Waals surface area contributed by atoms with Gasteiger partial charge >= 0.3 is 43.7 Å². The third kappa shape index (κ3) is 25.1. The van der Waals surface area contributed by atoms with Crippen LogP contribution in [0.1, 0.15) is 0 Å². The van der Waals surface area contributed by atoms with Crippen molar-refractivity contribution in [3.63, 3.8) is 0 Å². The van der Waals surface area contributed by atoms with Gasteiger partial charge in [0.05, 0.1) is 0 Å². The molecule has 0 aromatic carbocycles. The summed E-state index contributed by atoms with van der Waals surface area (Å²) in [5.41, 5.74) is 0. The Morgan fingerprint density at radius 1 is 1.82 bits per heavy atom. The van der Waals surface area contributed by atoms with Crippen molar-refractivity contribution in [2.24, 2.45) is 0 Å². The van der Waals surface area contributed by atoms with Gasteiger partial charge in [-0.15, -0.1) is 0 Å². The van der Waals surface area contributed by atoms with E-state index in [4.69, 9.17) is 5.11 Å². The summed E-state index contributed by atoms with van der Waals surface area (Å²) in [5.74, 6) is -0.981. The Labute approximate surface area is 97.4 Å². The molecule has 4 heteroatoms. The van der Waals surface area contributed by atoms with Gasteiger partial charge in [0.2, 0.25) is 0 Å². The van der Waals surface area contributed by atoms with E-state index >= 15 is 0 Å². The molecule has 3 nitrogen and oxygen atoms in total. The molecule has 1 fully saturated rings. The second kappa shape index (κ2) is 10.4. The van der Waals surface area contributed by atoms with Crippen LogP contribution in [0.15, 0.2) is 12.7 Å². The molecule has 1 heterocycles. The Balaban J connectivity index is -0.0000000990. The fraction of sp³-hybridized carbons (Fsp3) is 0.286. The van der Waals surface area contributed by atoms with E-state index in [1.54, 1.807) is 0 Å². The molecule has 1 atom stereocenters. The number of carbonyl (C=O) groups is 1.